The number of anilines is 1. The molecule has 1 aromatic heterocycles. The summed E-state index contributed by atoms with van der Waals surface area (Å²) in [5.41, 5.74) is 0. The normalized spacial score (nSPS) is 25.5. The van der Waals surface area contributed by atoms with Crippen molar-refractivity contribution in [1.29, 1.82) is 0 Å². The van der Waals surface area contributed by atoms with Crippen molar-refractivity contribution in [2.75, 3.05) is 42.6 Å². The van der Waals surface area contributed by atoms with Gasteiger partial charge in [0.15, 0.2) is 0 Å². The van der Waals surface area contributed by atoms with Crippen molar-refractivity contribution in [3.05, 3.63) is 18.1 Å². The Balaban J connectivity index is 1.44. The maximum Gasteiger partial charge on any atom is 0.227 e. The second kappa shape index (κ2) is 6.67. The Morgan fingerprint density at radius 3 is 2.78 bits per heavy atom. The van der Waals surface area contributed by atoms with E-state index < -0.39 is 0 Å². The first kappa shape index (κ1) is 15.2. The van der Waals surface area contributed by atoms with Gasteiger partial charge in [0.2, 0.25) is 5.91 Å². The summed E-state index contributed by atoms with van der Waals surface area (Å²) >= 11 is 1.95. The van der Waals surface area contributed by atoms with E-state index in [0.717, 1.165) is 62.2 Å². The number of rotatable bonds is 3. The highest BCUT2D eigenvalue weighted by molar-refractivity contribution is 7.99. The van der Waals surface area contributed by atoms with Crippen molar-refractivity contribution >= 4 is 23.5 Å². The lowest BCUT2D eigenvalue weighted by Crippen LogP contribution is -2.47. The van der Waals surface area contributed by atoms with Crippen molar-refractivity contribution in [3.63, 3.8) is 0 Å². The maximum absolute atomic E-state index is 12.8. The molecular weight excluding hydrogens is 308 g/mol. The van der Waals surface area contributed by atoms with Gasteiger partial charge >= 0.3 is 0 Å². The quantitative estimate of drug-likeness (QED) is 0.849. The average Bonchev–Trinajstić information content (AvgIpc) is 3.47. The van der Waals surface area contributed by atoms with Crippen LogP contribution in [0, 0.1) is 5.92 Å². The summed E-state index contributed by atoms with van der Waals surface area (Å²) in [5.74, 6) is 5.22. The molecule has 3 fully saturated rings. The van der Waals surface area contributed by atoms with Gasteiger partial charge in [0.1, 0.15) is 11.6 Å². The predicted molar refractivity (Wildman–Crippen MR) is 92.8 cm³/mol. The molecule has 3 heterocycles. The standard InChI is InChI=1S/C17H24N4OS/c22-17(20-8-10-23-11-9-20)14-2-1-7-21(12-14)15-5-6-18-16(19-15)13-3-4-13/h5-6,13-14H,1-4,7-12H2. The van der Waals surface area contributed by atoms with Crippen molar-refractivity contribution in [3.8, 4) is 0 Å². The van der Waals surface area contributed by atoms with Crippen LogP contribution < -0.4 is 4.90 Å². The average molecular weight is 332 g/mol. The summed E-state index contributed by atoms with van der Waals surface area (Å²) in [5, 5.41) is 0. The predicted octanol–water partition coefficient (Wildman–Crippen LogP) is 2.15. The largest absolute Gasteiger partial charge is 0.356 e. The van der Waals surface area contributed by atoms with Crippen LogP contribution in [0.5, 0.6) is 0 Å². The molecular formula is C17H24N4OS. The lowest BCUT2D eigenvalue weighted by Gasteiger charge is -2.36. The lowest BCUT2D eigenvalue weighted by atomic mass is 9.96. The van der Waals surface area contributed by atoms with Crippen LogP contribution in [-0.4, -0.2) is 58.5 Å². The minimum absolute atomic E-state index is 0.131. The zero-order valence-corrected chi connectivity index (χ0v) is 14.3. The fourth-order valence-corrected chi connectivity index (χ4v) is 4.41. The smallest absolute Gasteiger partial charge is 0.227 e. The highest BCUT2D eigenvalue weighted by Crippen LogP contribution is 2.38. The van der Waals surface area contributed by atoms with E-state index in [1.165, 1.54) is 12.8 Å². The molecule has 2 aliphatic heterocycles. The van der Waals surface area contributed by atoms with Crippen LogP contribution in [0.1, 0.15) is 37.4 Å². The zero-order chi connectivity index (χ0) is 15.6. The molecule has 6 heteroatoms. The fourth-order valence-electron chi connectivity index (χ4n) is 3.51. The SMILES string of the molecule is O=C(C1CCCN(c2ccnc(C3CC3)n2)C1)N1CCSCC1. The fraction of sp³-hybridized carbons (Fsp3) is 0.706. The molecule has 1 aromatic rings. The Hall–Kier alpha value is -1.30. The van der Waals surface area contributed by atoms with Gasteiger partial charge in [0, 0.05) is 49.8 Å². The van der Waals surface area contributed by atoms with Gasteiger partial charge in [-0.1, -0.05) is 0 Å². The van der Waals surface area contributed by atoms with Crippen LogP contribution in [0.2, 0.25) is 0 Å². The first-order valence-electron chi connectivity index (χ1n) is 8.75. The Bertz CT molecular complexity index is 571. The molecule has 0 aromatic carbocycles. The second-order valence-electron chi connectivity index (χ2n) is 6.77. The molecule has 5 nitrogen and oxygen atoms in total. The van der Waals surface area contributed by atoms with Gasteiger partial charge in [0.05, 0.1) is 5.92 Å². The molecule has 124 valence electrons. The molecule has 1 atom stereocenters. The van der Waals surface area contributed by atoms with E-state index >= 15 is 0 Å². The highest BCUT2D eigenvalue weighted by atomic mass is 32.2. The van der Waals surface area contributed by atoms with E-state index in [4.69, 9.17) is 4.98 Å². The molecule has 23 heavy (non-hydrogen) atoms. The molecule has 1 aliphatic carbocycles. The Labute approximate surface area is 141 Å². The Morgan fingerprint density at radius 1 is 1.17 bits per heavy atom. The minimum atomic E-state index is 0.131. The molecule has 0 radical (unpaired) electrons. The second-order valence-corrected chi connectivity index (χ2v) is 7.99. The van der Waals surface area contributed by atoms with Crippen molar-refractivity contribution in [1.82, 2.24) is 14.9 Å². The van der Waals surface area contributed by atoms with Gasteiger partial charge in [-0.25, -0.2) is 9.97 Å². The number of aromatic nitrogens is 2. The summed E-state index contributed by atoms with van der Waals surface area (Å²) in [6.45, 7) is 3.64. The number of nitrogens with zero attached hydrogens (tertiary/aromatic N) is 4. The third-order valence-electron chi connectivity index (χ3n) is 5.02. The Kier molecular flexibility index (Phi) is 4.42. The van der Waals surface area contributed by atoms with Crippen LogP contribution in [0.3, 0.4) is 0 Å². The molecule has 0 spiro atoms. The lowest BCUT2D eigenvalue weighted by molar-refractivity contribution is -0.135. The number of hydrogen-bond donors (Lipinski definition) is 0. The van der Waals surface area contributed by atoms with E-state index in [1.54, 1.807) is 0 Å². The van der Waals surface area contributed by atoms with Crippen LogP contribution in [0.25, 0.3) is 0 Å². The van der Waals surface area contributed by atoms with Gasteiger partial charge in [-0.3, -0.25) is 4.79 Å². The van der Waals surface area contributed by atoms with E-state index in [1.807, 2.05) is 24.0 Å². The summed E-state index contributed by atoms with van der Waals surface area (Å²) in [4.78, 5) is 26.3. The molecule has 0 bridgehead atoms. The first-order valence-corrected chi connectivity index (χ1v) is 9.91. The monoisotopic (exact) mass is 332 g/mol. The third kappa shape index (κ3) is 3.47. The number of hydrogen-bond acceptors (Lipinski definition) is 5. The molecule has 2 saturated heterocycles. The van der Waals surface area contributed by atoms with E-state index in [2.05, 4.69) is 14.8 Å². The highest BCUT2D eigenvalue weighted by Gasteiger charge is 2.31. The van der Waals surface area contributed by atoms with Gasteiger partial charge < -0.3 is 9.80 Å². The molecule has 1 saturated carbocycles. The summed E-state index contributed by atoms with van der Waals surface area (Å²) in [6.07, 6.45) is 6.40. The van der Waals surface area contributed by atoms with Crippen LogP contribution >= 0.6 is 11.8 Å². The third-order valence-corrected chi connectivity index (χ3v) is 5.96. The molecule has 4 rings (SSSR count). The van der Waals surface area contributed by atoms with Gasteiger partial charge in [0.25, 0.3) is 0 Å². The summed E-state index contributed by atoms with van der Waals surface area (Å²) in [7, 11) is 0. The van der Waals surface area contributed by atoms with Crippen LogP contribution in [0.4, 0.5) is 5.82 Å². The maximum atomic E-state index is 12.8. The van der Waals surface area contributed by atoms with Crippen molar-refractivity contribution in [2.24, 2.45) is 5.92 Å². The zero-order valence-electron chi connectivity index (χ0n) is 13.5. The van der Waals surface area contributed by atoms with Crippen LogP contribution in [-0.2, 0) is 4.79 Å². The molecule has 1 amide bonds. The number of thioether (sulfide) groups is 1. The number of carbonyl (C=O) groups is 1. The van der Waals surface area contributed by atoms with Gasteiger partial charge in [-0.05, 0) is 31.7 Å². The van der Waals surface area contributed by atoms with E-state index in [0.29, 0.717) is 11.8 Å². The molecule has 0 N–H and O–H groups in total. The molecule has 3 aliphatic rings. The Morgan fingerprint density at radius 2 is 2.00 bits per heavy atom. The number of amides is 1. The van der Waals surface area contributed by atoms with Crippen LogP contribution in [0.15, 0.2) is 12.3 Å². The number of carbonyl (C=O) groups excluding carboxylic acids is 1. The first-order chi connectivity index (χ1) is 11.3. The number of piperidine rings is 1. The van der Waals surface area contributed by atoms with Gasteiger partial charge in [-0.2, -0.15) is 11.8 Å². The van der Waals surface area contributed by atoms with E-state index in [9.17, 15) is 4.79 Å². The van der Waals surface area contributed by atoms with E-state index in [-0.39, 0.29) is 5.92 Å². The van der Waals surface area contributed by atoms with Crippen molar-refractivity contribution < 1.29 is 4.79 Å². The topological polar surface area (TPSA) is 49.3 Å². The van der Waals surface area contributed by atoms with Gasteiger partial charge in [-0.15, -0.1) is 0 Å². The summed E-state index contributed by atoms with van der Waals surface area (Å²) in [6, 6.07) is 2.00. The minimum Gasteiger partial charge on any atom is -0.356 e. The van der Waals surface area contributed by atoms with Crippen molar-refractivity contribution in [2.45, 2.75) is 31.6 Å². The molecule has 1 unspecified atom stereocenters. The summed E-state index contributed by atoms with van der Waals surface area (Å²) < 4.78 is 0.